The van der Waals surface area contributed by atoms with E-state index in [0.29, 0.717) is 54.9 Å². The van der Waals surface area contributed by atoms with Crippen LogP contribution in [0, 0.1) is 11.3 Å². The summed E-state index contributed by atoms with van der Waals surface area (Å²) >= 11 is 13.6. The van der Waals surface area contributed by atoms with Gasteiger partial charge in [-0.1, -0.05) is 36.5 Å². The summed E-state index contributed by atoms with van der Waals surface area (Å²) in [5, 5.41) is 11.0. The largest absolute Gasteiger partial charge is 0.463 e. The Balaban J connectivity index is 1.88. The number of hydrogen-bond acceptors (Lipinski definition) is 8. The second kappa shape index (κ2) is 9.56. The maximum Gasteiger partial charge on any atom is 0.338 e. The van der Waals surface area contributed by atoms with Crippen LogP contribution < -0.4 is 5.73 Å². The van der Waals surface area contributed by atoms with Gasteiger partial charge in [0.25, 0.3) is 0 Å². The predicted octanol–water partition coefficient (Wildman–Crippen LogP) is 5.98. The molecule has 3 heterocycles. The molecule has 0 bridgehead atoms. The lowest BCUT2D eigenvalue weighted by molar-refractivity contribution is -0.139. The number of thioether (sulfide) groups is 1. The number of ether oxygens (including phenoxy) is 1. The number of amidine groups is 1. The quantitative estimate of drug-likeness (QED) is 0.484. The van der Waals surface area contributed by atoms with Crippen molar-refractivity contribution in [2.45, 2.75) is 32.7 Å². The zero-order chi connectivity index (χ0) is 23.7. The molecule has 0 fully saturated rings. The zero-order valence-electron chi connectivity index (χ0n) is 17.9. The molecule has 0 saturated heterocycles. The van der Waals surface area contributed by atoms with E-state index >= 15 is 0 Å². The van der Waals surface area contributed by atoms with E-state index in [2.05, 4.69) is 11.1 Å². The number of benzene rings is 1. The van der Waals surface area contributed by atoms with E-state index < -0.39 is 12.0 Å². The molecule has 2 aliphatic heterocycles. The average molecular weight is 503 g/mol. The molecular formula is C23H20Cl2N4O3S. The molecule has 0 spiro atoms. The predicted molar refractivity (Wildman–Crippen MR) is 129 cm³/mol. The van der Waals surface area contributed by atoms with E-state index in [1.165, 1.54) is 11.8 Å². The molecule has 2 N–H and O–H groups in total. The van der Waals surface area contributed by atoms with Gasteiger partial charge in [0.1, 0.15) is 34.4 Å². The first kappa shape index (κ1) is 23.3. The van der Waals surface area contributed by atoms with Gasteiger partial charge in [-0.3, -0.25) is 4.90 Å². The summed E-state index contributed by atoms with van der Waals surface area (Å²) in [6.45, 7) is 3.95. The molecule has 7 nitrogen and oxygen atoms in total. The Morgan fingerprint density at radius 3 is 2.79 bits per heavy atom. The molecule has 2 aromatic rings. The molecule has 1 aromatic carbocycles. The van der Waals surface area contributed by atoms with Gasteiger partial charge in [0.2, 0.25) is 0 Å². The number of carbonyl (C=O) groups is 1. The number of halogens is 2. The number of nitrogens with zero attached hydrogens (tertiary/aromatic N) is 3. The van der Waals surface area contributed by atoms with Crippen LogP contribution in [-0.2, 0) is 9.53 Å². The van der Waals surface area contributed by atoms with Crippen LogP contribution >= 0.6 is 35.0 Å². The SMILES string of the molecule is CCCC1=C(C(=O)OCC)[C@@H](c2ccc(-c3ccc(Cl)cc3Cl)o2)N2C(=N1)SC(C#N)=C2N. The summed E-state index contributed by atoms with van der Waals surface area (Å²) in [5.74, 6) is 0.666. The Kier molecular flexibility index (Phi) is 6.75. The molecule has 10 heteroatoms. The van der Waals surface area contributed by atoms with Crippen molar-refractivity contribution >= 4 is 46.1 Å². The topological polar surface area (TPSA) is 105 Å². The molecule has 33 heavy (non-hydrogen) atoms. The van der Waals surface area contributed by atoms with Crippen LogP contribution in [-0.4, -0.2) is 22.6 Å². The molecule has 2 aliphatic rings. The minimum absolute atomic E-state index is 0.207. The number of furan rings is 1. The van der Waals surface area contributed by atoms with Crippen molar-refractivity contribution in [1.82, 2.24) is 4.90 Å². The minimum atomic E-state index is -0.740. The van der Waals surface area contributed by atoms with Gasteiger partial charge in [-0.05, 0) is 55.4 Å². The lowest BCUT2D eigenvalue weighted by Crippen LogP contribution is -2.38. The van der Waals surface area contributed by atoms with Gasteiger partial charge in [0.05, 0.1) is 22.9 Å². The highest BCUT2D eigenvalue weighted by Crippen LogP contribution is 2.47. The summed E-state index contributed by atoms with van der Waals surface area (Å²) in [4.78, 5) is 19.7. The van der Waals surface area contributed by atoms with Crippen LogP contribution in [0.1, 0.15) is 38.5 Å². The van der Waals surface area contributed by atoms with Crippen LogP contribution in [0.25, 0.3) is 11.3 Å². The van der Waals surface area contributed by atoms with Gasteiger partial charge >= 0.3 is 5.97 Å². The fraction of sp³-hybridized carbons (Fsp3) is 0.261. The molecule has 0 aliphatic carbocycles. The Bertz CT molecular complexity index is 1260. The number of allylic oxidation sites excluding steroid dienone is 2. The second-order valence-corrected chi connectivity index (χ2v) is 9.07. The van der Waals surface area contributed by atoms with Crippen molar-refractivity contribution in [1.29, 1.82) is 5.26 Å². The van der Waals surface area contributed by atoms with Gasteiger partial charge in [0.15, 0.2) is 5.17 Å². The summed E-state index contributed by atoms with van der Waals surface area (Å²) in [7, 11) is 0. The summed E-state index contributed by atoms with van der Waals surface area (Å²) in [6.07, 6.45) is 1.32. The third-order valence-corrected chi connectivity index (χ3v) is 6.66. The summed E-state index contributed by atoms with van der Waals surface area (Å²) in [5.41, 5.74) is 7.91. The Morgan fingerprint density at radius 2 is 2.12 bits per heavy atom. The normalized spacial score (nSPS) is 17.7. The van der Waals surface area contributed by atoms with Crippen LogP contribution in [0.2, 0.25) is 10.0 Å². The summed E-state index contributed by atoms with van der Waals surface area (Å²) < 4.78 is 11.6. The number of hydrogen-bond donors (Lipinski definition) is 1. The standard InChI is InChI=1S/C23H20Cl2N4O3S/c1-3-5-15-19(22(30)31-4-2)20(29-21(27)18(11-26)33-23(29)28-15)17-9-8-16(32-17)13-7-6-12(24)10-14(13)25/h6-10,20H,3-5,27H2,1-2H3/t20-/m1/s1. The molecule has 1 atom stereocenters. The molecule has 0 saturated carbocycles. The third-order valence-electron chi connectivity index (χ3n) is 5.14. The minimum Gasteiger partial charge on any atom is -0.463 e. The lowest BCUT2D eigenvalue weighted by Gasteiger charge is -2.33. The number of nitrogens with two attached hydrogens (primary N) is 1. The van der Waals surface area contributed by atoms with E-state index in [0.717, 1.165) is 6.42 Å². The molecule has 0 unspecified atom stereocenters. The Hall–Kier alpha value is -2.86. The van der Waals surface area contributed by atoms with Gasteiger partial charge in [-0.2, -0.15) is 5.26 Å². The maximum atomic E-state index is 13.1. The first-order chi connectivity index (χ1) is 15.9. The van der Waals surface area contributed by atoms with E-state index in [1.54, 1.807) is 42.2 Å². The van der Waals surface area contributed by atoms with E-state index in [9.17, 15) is 10.1 Å². The second-order valence-electron chi connectivity index (χ2n) is 7.25. The van der Waals surface area contributed by atoms with Crippen molar-refractivity contribution in [3.8, 4) is 17.4 Å². The van der Waals surface area contributed by atoms with Crippen molar-refractivity contribution < 1.29 is 13.9 Å². The monoisotopic (exact) mass is 502 g/mol. The van der Waals surface area contributed by atoms with E-state index in [-0.39, 0.29) is 12.4 Å². The first-order valence-corrected chi connectivity index (χ1v) is 11.9. The highest BCUT2D eigenvalue weighted by Gasteiger charge is 2.44. The van der Waals surface area contributed by atoms with Crippen LogP contribution in [0.3, 0.4) is 0 Å². The number of aliphatic imine (C=N–C) groups is 1. The fourth-order valence-corrected chi connectivity index (χ4v) is 5.13. The first-order valence-electron chi connectivity index (χ1n) is 10.3. The van der Waals surface area contributed by atoms with Gasteiger partial charge in [0, 0.05) is 10.6 Å². The highest BCUT2D eigenvalue weighted by molar-refractivity contribution is 8.17. The Labute approximate surface area is 205 Å². The highest BCUT2D eigenvalue weighted by atomic mass is 35.5. The van der Waals surface area contributed by atoms with Crippen molar-refractivity contribution in [3.63, 3.8) is 0 Å². The maximum absolute atomic E-state index is 13.1. The van der Waals surface area contributed by atoms with Gasteiger partial charge < -0.3 is 14.9 Å². The van der Waals surface area contributed by atoms with Gasteiger partial charge in [-0.25, -0.2) is 9.79 Å². The average Bonchev–Trinajstić information content (AvgIpc) is 3.38. The number of esters is 1. The fourth-order valence-electron chi connectivity index (χ4n) is 3.74. The molecule has 1 aromatic heterocycles. The van der Waals surface area contributed by atoms with Crippen LogP contribution in [0.15, 0.2) is 61.7 Å². The zero-order valence-corrected chi connectivity index (χ0v) is 20.2. The third kappa shape index (κ3) is 4.24. The number of rotatable bonds is 6. The lowest BCUT2D eigenvalue weighted by atomic mass is 9.97. The molecule has 0 radical (unpaired) electrons. The van der Waals surface area contributed by atoms with Gasteiger partial charge in [-0.15, -0.1) is 0 Å². The van der Waals surface area contributed by atoms with Crippen LogP contribution in [0.5, 0.6) is 0 Å². The summed E-state index contributed by atoms with van der Waals surface area (Å²) in [6, 6.07) is 10.0. The molecule has 4 rings (SSSR count). The van der Waals surface area contributed by atoms with Crippen molar-refractivity contribution in [3.05, 3.63) is 68.1 Å². The Morgan fingerprint density at radius 1 is 1.33 bits per heavy atom. The smallest absolute Gasteiger partial charge is 0.338 e. The molecule has 170 valence electrons. The molecular weight excluding hydrogens is 483 g/mol. The van der Waals surface area contributed by atoms with E-state index in [4.69, 9.17) is 38.1 Å². The number of fused-ring (bicyclic) bond motifs is 1. The van der Waals surface area contributed by atoms with Crippen molar-refractivity contribution in [2.24, 2.45) is 10.7 Å². The van der Waals surface area contributed by atoms with Crippen LogP contribution in [0.4, 0.5) is 0 Å². The molecule has 0 amide bonds. The van der Waals surface area contributed by atoms with Crippen molar-refractivity contribution in [2.75, 3.05) is 6.61 Å². The van der Waals surface area contributed by atoms with E-state index in [1.807, 2.05) is 6.92 Å². The number of nitriles is 1. The number of carbonyl (C=O) groups excluding carboxylic acids is 1.